The Hall–Kier alpha value is -3.78. The maximum atomic E-state index is 13.0. The van der Waals surface area contributed by atoms with Crippen LogP contribution in [0, 0.1) is 13.8 Å². The van der Waals surface area contributed by atoms with Crippen LogP contribution in [0.5, 0.6) is 0 Å². The second kappa shape index (κ2) is 9.38. The van der Waals surface area contributed by atoms with Crippen molar-refractivity contribution in [2.24, 2.45) is 0 Å². The molecule has 3 aromatic heterocycles. The average molecular weight is 463 g/mol. The van der Waals surface area contributed by atoms with Gasteiger partial charge in [0.1, 0.15) is 0 Å². The van der Waals surface area contributed by atoms with Crippen molar-refractivity contribution in [3.8, 4) is 10.6 Å². The van der Waals surface area contributed by atoms with Crippen molar-refractivity contribution in [3.05, 3.63) is 75.9 Å². The van der Waals surface area contributed by atoms with Gasteiger partial charge in [0.2, 0.25) is 5.78 Å². The zero-order valence-electron chi connectivity index (χ0n) is 18.4. The van der Waals surface area contributed by atoms with Crippen LogP contribution in [0.3, 0.4) is 0 Å². The first-order valence-corrected chi connectivity index (χ1v) is 11.3. The highest BCUT2D eigenvalue weighted by atomic mass is 32.1. The zero-order valence-corrected chi connectivity index (χ0v) is 19.2. The number of nitrogens with one attached hydrogen (secondary N) is 1. The number of aromatic nitrogens is 2. The smallest absolute Gasteiger partial charge is 0.340 e. The van der Waals surface area contributed by atoms with Gasteiger partial charge >= 0.3 is 11.9 Å². The lowest BCUT2D eigenvalue weighted by Crippen LogP contribution is -2.16. The molecule has 0 saturated carbocycles. The molecule has 0 fully saturated rings. The molecule has 33 heavy (non-hydrogen) atoms. The number of hydrogen-bond acceptors (Lipinski definition) is 7. The number of Topliss-reactive ketones (excluding diaryl/α,β-unsaturated/α-hetero) is 1. The number of rotatable bonds is 7. The number of H-pyrrole nitrogens is 1. The first-order chi connectivity index (χ1) is 15.9. The highest BCUT2D eigenvalue weighted by Gasteiger charge is 2.24. The van der Waals surface area contributed by atoms with E-state index in [0.717, 1.165) is 4.88 Å². The van der Waals surface area contributed by atoms with Gasteiger partial charge < -0.3 is 14.5 Å². The number of hydrogen-bond donors (Lipinski definition) is 1. The molecule has 0 spiro atoms. The Labute approximate surface area is 194 Å². The van der Waals surface area contributed by atoms with Crippen LogP contribution in [0.4, 0.5) is 0 Å². The highest BCUT2D eigenvalue weighted by Crippen LogP contribution is 2.28. The molecular formula is C25H22N2O5S. The van der Waals surface area contributed by atoms with E-state index in [1.807, 2.05) is 35.7 Å². The summed E-state index contributed by atoms with van der Waals surface area (Å²) in [5, 5.41) is 2.58. The van der Waals surface area contributed by atoms with Gasteiger partial charge in [0.25, 0.3) is 0 Å². The van der Waals surface area contributed by atoms with E-state index >= 15 is 0 Å². The number of aryl methyl sites for hydroxylation is 1. The molecule has 3 heterocycles. The molecular weight excluding hydrogens is 440 g/mol. The monoisotopic (exact) mass is 462 g/mol. The molecule has 7 nitrogen and oxygen atoms in total. The van der Waals surface area contributed by atoms with Gasteiger partial charge in [-0.1, -0.05) is 24.3 Å². The van der Waals surface area contributed by atoms with Crippen LogP contribution in [-0.2, 0) is 9.47 Å². The van der Waals surface area contributed by atoms with E-state index in [9.17, 15) is 14.4 Å². The van der Waals surface area contributed by atoms with Gasteiger partial charge in [-0.25, -0.2) is 14.6 Å². The first kappa shape index (κ1) is 22.4. The minimum atomic E-state index is -0.619. The Bertz CT molecular complexity index is 1350. The normalized spacial score (nSPS) is 10.9. The van der Waals surface area contributed by atoms with Gasteiger partial charge in [-0.05, 0) is 49.9 Å². The SMILES string of the molecule is CCOC(=O)c1c(C)[nH]c(C(=O)COC(=O)c2cc(-c3cccs3)nc3ccccc23)c1C. The summed E-state index contributed by atoms with van der Waals surface area (Å²) in [5.74, 6) is -1.55. The summed E-state index contributed by atoms with van der Waals surface area (Å²) in [7, 11) is 0. The fraction of sp³-hybridized carbons (Fsp3) is 0.200. The number of ether oxygens (including phenoxy) is 2. The summed E-state index contributed by atoms with van der Waals surface area (Å²) in [6.45, 7) is 4.84. The fourth-order valence-electron chi connectivity index (χ4n) is 3.71. The maximum absolute atomic E-state index is 13.0. The molecule has 0 radical (unpaired) electrons. The standard InChI is InChI=1S/C25H22N2O5S/c1-4-31-25(30)22-14(2)23(26-15(22)3)20(28)13-32-24(29)17-12-19(21-10-7-11-33-21)27-18-9-6-5-8-16(17)18/h5-12,26H,4,13H2,1-3H3. The van der Waals surface area contributed by atoms with Crippen molar-refractivity contribution in [2.45, 2.75) is 20.8 Å². The van der Waals surface area contributed by atoms with E-state index in [1.165, 1.54) is 11.3 Å². The Morgan fingerprint density at radius 3 is 2.55 bits per heavy atom. The minimum absolute atomic E-state index is 0.224. The summed E-state index contributed by atoms with van der Waals surface area (Å²) in [5.41, 5.74) is 3.22. The van der Waals surface area contributed by atoms with E-state index in [0.29, 0.717) is 39.0 Å². The number of carbonyl (C=O) groups excluding carboxylic acids is 3. The van der Waals surface area contributed by atoms with E-state index < -0.39 is 24.3 Å². The van der Waals surface area contributed by atoms with Gasteiger partial charge in [-0.15, -0.1) is 11.3 Å². The quantitative estimate of drug-likeness (QED) is 0.302. The maximum Gasteiger partial charge on any atom is 0.340 e. The molecule has 0 aliphatic carbocycles. The molecule has 1 N–H and O–H groups in total. The third-order valence-corrected chi connectivity index (χ3v) is 6.13. The molecule has 4 aromatic rings. The molecule has 0 unspecified atom stereocenters. The van der Waals surface area contributed by atoms with Crippen LogP contribution in [0.2, 0.25) is 0 Å². The Kier molecular flexibility index (Phi) is 6.37. The largest absolute Gasteiger partial charge is 0.462 e. The Morgan fingerprint density at radius 1 is 1.03 bits per heavy atom. The number of pyridine rings is 1. The minimum Gasteiger partial charge on any atom is -0.462 e. The summed E-state index contributed by atoms with van der Waals surface area (Å²) in [6.07, 6.45) is 0. The van der Waals surface area contributed by atoms with Crippen LogP contribution < -0.4 is 0 Å². The lowest BCUT2D eigenvalue weighted by molar-refractivity contribution is 0.0474. The Morgan fingerprint density at radius 2 is 1.82 bits per heavy atom. The molecule has 0 bridgehead atoms. The van der Waals surface area contributed by atoms with Crippen LogP contribution >= 0.6 is 11.3 Å². The lowest BCUT2D eigenvalue weighted by atomic mass is 10.1. The topological polar surface area (TPSA) is 98.4 Å². The number of carbonyl (C=O) groups is 3. The van der Waals surface area contributed by atoms with Crippen molar-refractivity contribution < 1.29 is 23.9 Å². The van der Waals surface area contributed by atoms with E-state index in [-0.39, 0.29) is 12.3 Å². The van der Waals surface area contributed by atoms with Crippen molar-refractivity contribution in [1.29, 1.82) is 0 Å². The first-order valence-electron chi connectivity index (χ1n) is 10.4. The molecule has 0 aliphatic rings. The molecule has 168 valence electrons. The number of esters is 2. The highest BCUT2D eigenvalue weighted by molar-refractivity contribution is 7.13. The predicted molar refractivity (Wildman–Crippen MR) is 126 cm³/mol. The lowest BCUT2D eigenvalue weighted by Gasteiger charge is -2.09. The molecule has 0 saturated heterocycles. The second-order valence-corrected chi connectivity index (χ2v) is 8.34. The molecule has 8 heteroatoms. The molecule has 4 rings (SSSR count). The molecule has 0 aliphatic heterocycles. The van der Waals surface area contributed by atoms with Crippen molar-refractivity contribution in [3.63, 3.8) is 0 Å². The number of nitrogens with zero attached hydrogens (tertiary/aromatic N) is 1. The molecule has 1 aromatic carbocycles. The van der Waals surface area contributed by atoms with Crippen LogP contribution in [0.25, 0.3) is 21.5 Å². The van der Waals surface area contributed by atoms with Crippen molar-refractivity contribution >= 4 is 40.0 Å². The summed E-state index contributed by atoms with van der Waals surface area (Å²) in [6, 6.07) is 12.8. The number of aromatic amines is 1. The van der Waals surface area contributed by atoms with Crippen molar-refractivity contribution in [1.82, 2.24) is 9.97 Å². The van der Waals surface area contributed by atoms with Gasteiger partial charge in [-0.3, -0.25) is 4.79 Å². The zero-order chi connectivity index (χ0) is 23.5. The van der Waals surface area contributed by atoms with Gasteiger partial charge in [0.15, 0.2) is 6.61 Å². The van der Waals surface area contributed by atoms with Crippen LogP contribution in [0.1, 0.15) is 49.4 Å². The summed E-state index contributed by atoms with van der Waals surface area (Å²) >= 11 is 1.52. The predicted octanol–water partition coefficient (Wildman–Crippen LogP) is 5.12. The second-order valence-electron chi connectivity index (χ2n) is 7.39. The van der Waals surface area contributed by atoms with Gasteiger partial charge in [0, 0.05) is 11.1 Å². The van der Waals surface area contributed by atoms with E-state index in [2.05, 4.69) is 9.97 Å². The average Bonchev–Trinajstić information content (AvgIpc) is 3.44. The number of fused-ring (bicyclic) bond motifs is 1. The molecule has 0 atom stereocenters. The van der Waals surface area contributed by atoms with Crippen LogP contribution in [-0.4, -0.2) is 40.9 Å². The summed E-state index contributed by atoms with van der Waals surface area (Å²) in [4.78, 5) is 46.5. The number of para-hydroxylation sites is 1. The number of ketones is 1. The van der Waals surface area contributed by atoms with E-state index in [1.54, 1.807) is 32.9 Å². The van der Waals surface area contributed by atoms with Gasteiger partial charge in [0.05, 0.1) is 39.5 Å². The van der Waals surface area contributed by atoms with Gasteiger partial charge in [-0.2, -0.15) is 0 Å². The Balaban J connectivity index is 1.58. The van der Waals surface area contributed by atoms with E-state index in [4.69, 9.17) is 9.47 Å². The number of thiophene rings is 1. The third kappa shape index (κ3) is 4.42. The fourth-order valence-corrected chi connectivity index (χ4v) is 4.40. The third-order valence-electron chi connectivity index (χ3n) is 5.24. The summed E-state index contributed by atoms with van der Waals surface area (Å²) < 4.78 is 10.4. The number of benzene rings is 1. The molecule has 0 amide bonds. The van der Waals surface area contributed by atoms with Crippen LogP contribution in [0.15, 0.2) is 47.8 Å². The van der Waals surface area contributed by atoms with Crippen molar-refractivity contribution in [2.75, 3.05) is 13.2 Å².